The Morgan fingerprint density at radius 3 is 2.35 bits per heavy atom. The molecule has 5 nitrogen and oxygen atoms in total. The molecule has 0 bridgehead atoms. The maximum atomic E-state index is 12.7. The van der Waals surface area contributed by atoms with E-state index in [1.54, 1.807) is 4.90 Å². The van der Waals surface area contributed by atoms with Crippen LogP contribution in [0.25, 0.3) is 0 Å². The summed E-state index contributed by atoms with van der Waals surface area (Å²) in [5.41, 5.74) is 0. The molecule has 2 fully saturated rings. The lowest BCUT2D eigenvalue weighted by atomic mass is 9.93. The predicted octanol–water partition coefficient (Wildman–Crippen LogP) is 0.962. The van der Waals surface area contributed by atoms with Crippen molar-refractivity contribution in [2.24, 2.45) is 5.92 Å². The smallest absolute Gasteiger partial charge is 0.243 e. The molecule has 6 heteroatoms. The zero-order chi connectivity index (χ0) is 15.1. The zero-order valence-corrected chi connectivity index (χ0v) is 13.3. The van der Waals surface area contributed by atoms with Gasteiger partial charge < -0.3 is 10.0 Å². The van der Waals surface area contributed by atoms with E-state index in [9.17, 15) is 18.3 Å². The van der Waals surface area contributed by atoms with Gasteiger partial charge in [-0.15, -0.1) is 0 Å². The fraction of sp³-hybridized carbons (Fsp3) is 0.929. The number of hydrogen-bond donors (Lipinski definition) is 1. The summed E-state index contributed by atoms with van der Waals surface area (Å²) >= 11 is 0. The highest BCUT2D eigenvalue weighted by atomic mass is 32.2. The fourth-order valence-corrected chi connectivity index (χ4v) is 3.85. The molecule has 1 amide bonds. The van der Waals surface area contributed by atoms with Gasteiger partial charge in [0.05, 0.1) is 6.10 Å². The first-order valence-corrected chi connectivity index (χ1v) is 9.24. The van der Waals surface area contributed by atoms with Crippen molar-refractivity contribution < 1.29 is 18.3 Å². The molecule has 1 heterocycles. The van der Waals surface area contributed by atoms with Gasteiger partial charge in [0.15, 0.2) is 9.84 Å². The average molecular weight is 303 g/mol. The fourth-order valence-electron chi connectivity index (χ4n) is 3.41. The van der Waals surface area contributed by atoms with Crippen LogP contribution in [0.15, 0.2) is 0 Å². The van der Waals surface area contributed by atoms with Gasteiger partial charge in [0.1, 0.15) is 4.75 Å². The van der Waals surface area contributed by atoms with Crippen molar-refractivity contribution in [2.45, 2.75) is 62.8 Å². The number of nitrogens with zero attached hydrogens (tertiary/aromatic N) is 1. The summed E-state index contributed by atoms with van der Waals surface area (Å²) in [6.07, 6.45) is 5.22. The third-order valence-electron chi connectivity index (χ3n) is 5.03. The molecule has 1 aliphatic heterocycles. The molecule has 116 valence electrons. The molecular formula is C14H25NO4S. The Balaban J connectivity index is 2.21. The molecule has 2 rings (SSSR count). The van der Waals surface area contributed by atoms with Crippen LogP contribution in [0.5, 0.6) is 0 Å². The summed E-state index contributed by atoms with van der Waals surface area (Å²) in [6.45, 7) is 3.56. The lowest BCUT2D eigenvalue weighted by Gasteiger charge is -2.35. The summed E-state index contributed by atoms with van der Waals surface area (Å²) < 4.78 is 22.3. The summed E-state index contributed by atoms with van der Waals surface area (Å²) in [6, 6.07) is 0.000949. The van der Waals surface area contributed by atoms with Crippen molar-refractivity contribution in [3.63, 3.8) is 0 Å². The summed E-state index contributed by atoms with van der Waals surface area (Å²) in [5.74, 6) is -0.210. The van der Waals surface area contributed by atoms with E-state index < -0.39 is 14.6 Å². The monoisotopic (exact) mass is 303 g/mol. The molecular weight excluding hydrogens is 278 g/mol. The Labute approximate surface area is 121 Å². The molecule has 3 unspecified atom stereocenters. The Morgan fingerprint density at radius 2 is 1.85 bits per heavy atom. The van der Waals surface area contributed by atoms with Crippen LogP contribution in [0.2, 0.25) is 0 Å². The van der Waals surface area contributed by atoms with E-state index in [-0.39, 0.29) is 24.0 Å². The summed E-state index contributed by atoms with van der Waals surface area (Å²) in [7, 11) is -3.45. The quantitative estimate of drug-likeness (QED) is 0.843. The van der Waals surface area contributed by atoms with Crippen LogP contribution in [-0.4, -0.2) is 54.0 Å². The van der Waals surface area contributed by atoms with Gasteiger partial charge in [0, 0.05) is 24.8 Å². The SMILES string of the molecule is CC(C)(C(=O)N1CCCC1C1CCCC1O)S(C)(=O)=O. The van der Waals surface area contributed by atoms with Crippen LogP contribution >= 0.6 is 0 Å². The highest BCUT2D eigenvalue weighted by molar-refractivity contribution is 7.92. The lowest BCUT2D eigenvalue weighted by Crippen LogP contribution is -2.53. The molecule has 0 aromatic carbocycles. The summed E-state index contributed by atoms with van der Waals surface area (Å²) in [4.78, 5) is 14.4. The number of carbonyl (C=O) groups is 1. The van der Waals surface area contributed by atoms with Gasteiger partial charge in [-0.25, -0.2) is 8.42 Å². The maximum Gasteiger partial charge on any atom is 0.243 e. The van der Waals surface area contributed by atoms with E-state index in [0.29, 0.717) is 6.54 Å². The van der Waals surface area contributed by atoms with E-state index in [4.69, 9.17) is 0 Å². The van der Waals surface area contributed by atoms with Crippen molar-refractivity contribution in [3.05, 3.63) is 0 Å². The average Bonchev–Trinajstić information content (AvgIpc) is 2.94. The minimum absolute atomic E-state index is 0.000949. The number of amides is 1. The van der Waals surface area contributed by atoms with Crippen LogP contribution in [-0.2, 0) is 14.6 Å². The topological polar surface area (TPSA) is 74.7 Å². The second kappa shape index (κ2) is 5.30. The number of aliphatic hydroxyl groups excluding tert-OH is 1. The number of hydrogen-bond acceptors (Lipinski definition) is 4. The minimum Gasteiger partial charge on any atom is -0.393 e. The molecule has 2 aliphatic rings. The lowest BCUT2D eigenvalue weighted by molar-refractivity contribution is -0.135. The highest BCUT2D eigenvalue weighted by Gasteiger charge is 2.47. The van der Waals surface area contributed by atoms with Gasteiger partial charge in [0.2, 0.25) is 5.91 Å². The van der Waals surface area contributed by atoms with Gasteiger partial charge in [-0.3, -0.25) is 4.79 Å². The maximum absolute atomic E-state index is 12.7. The first kappa shape index (κ1) is 15.8. The van der Waals surface area contributed by atoms with Crippen molar-refractivity contribution in [3.8, 4) is 0 Å². The van der Waals surface area contributed by atoms with Crippen LogP contribution in [0.4, 0.5) is 0 Å². The predicted molar refractivity (Wildman–Crippen MR) is 77.0 cm³/mol. The Hall–Kier alpha value is -0.620. The third-order valence-corrected chi connectivity index (χ3v) is 7.06. The number of carbonyl (C=O) groups excluding carboxylic acids is 1. The van der Waals surface area contributed by atoms with E-state index in [1.807, 2.05) is 0 Å². The molecule has 0 radical (unpaired) electrons. The first-order valence-electron chi connectivity index (χ1n) is 7.35. The molecule has 20 heavy (non-hydrogen) atoms. The first-order chi connectivity index (χ1) is 9.16. The highest BCUT2D eigenvalue weighted by Crippen LogP contribution is 2.37. The molecule has 0 aromatic heterocycles. The van der Waals surface area contributed by atoms with Crippen molar-refractivity contribution >= 4 is 15.7 Å². The minimum atomic E-state index is -3.45. The van der Waals surface area contributed by atoms with Gasteiger partial charge in [-0.05, 0) is 39.5 Å². The van der Waals surface area contributed by atoms with Crippen molar-refractivity contribution in [1.82, 2.24) is 4.90 Å². The standard InChI is InChI=1S/C14H25NO4S/c1-14(2,20(3,18)19)13(17)15-9-5-7-11(15)10-6-4-8-12(10)16/h10-12,16H,4-9H2,1-3H3. The Kier molecular flexibility index (Phi) is 4.17. The van der Waals surface area contributed by atoms with Crippen LogP contribution in [0.1, 0.15) is 46.0 Å². The van der Waals surface area contributed by atoms with Gasteiger partial charge in [0.25, 0.3) is 0 Å². The van der Waals surface area contributed by atoms with Crippen LogP contribution in [0.3, 0.4) is 0 Å². The van der Waals surface area contributed by atoms with Crippen LogP contribution in [0, 0.1) is 5.92 Å². The largest absolute Gasteiger partial charge is 0.393 e. The van der Waals surface area contributed by atoms with E-state index in [2.05, 4.69) is 0 Å². The van der Waals surface area contributed by atoms with E-state index in [1.165, 1.54) is 13.8 Å². The van der Waals surface area contributed by atoms with Gasteiger partial charge in [-0.2, -0.15) is 0 Å². The van der Waals surface area contributed by atoms with Crippen molar-refractivity contribution in [2.75, 3.05) is 12.8 Å². The molecule has 1 aliphatic carbocycles. The van der Waals surface area contributed by atoms with E-state index >= 15 is 0 Å². The number of likely N-dealkylation sites (tertiary alicyclic amines) is 1. The Morgan fingerprint density at radius 1 is 1.20 bits per heavy atom. The molecule has 3 atom stereocenters. The van der Waals surface area contributed by atoms with Gasteiger partial charge in [-0.1, -0.05) is 6.42 Å². The van der Waals surface area contributed by atoms with Crippen LogP contribution < -0.4 is 0 Å². The Bertz CT molecular complexity index is 485. The number of aliphatic hydroxyl groups is 1. The molecule has 1 saturated carbocycles. The molecule has 1 N–H and O–H groups in total. The van der Waals surface area contributed by atoms with Gasteiger partial charge >= 0.3 is 0 Å². The molecule has 1 saturated heterocycles. The van der Waals surface area contributed by atoms with E-state index in [0.717, 1.165) is 38.4 Å². The number of rotatable bonds is 3. The number of sulfone groups is 1. The van der Waals surface area contributed by atoms with Crippen molar-refractivity contribution in [1.29, 1.82) is 0 Å². The normalized spacial score (nSPS) is 31.8. The second-order valence-electron chi connectivity index (χ2n) is 6.65. The zero-order valence-electron chi connectivity index (χ0n) is 12.5. The molecule has 0 spiro atoms. The second-order valence-corrected chi connectivity index (χ2v) is 9.22. The molecule has 0 aromatic rings. The third kappa shape index (κ3) is 2.60. The summed E-state index contributed by atoms with van der Waals surface area (Å²) in [5, 5.41) is 10.1.